The Kier molecular flexibility index (Phi) is 3.56. The van der Waals surface area contributed by atoms with E-state index < -0.39 is 0 Å². The number of nitrogens with zero attached hydrogens (tertiary/aromatic N) is 2. The van der Waals surface area contributed by atoms with Crippen LogP contribution in [0.3, 0.4) is 0 Å². The predicted octanol–water partition coefficient (Wildman–Crippen LogP) is 3.57. The van der Waals surface area contributed by atoms with E-state index in [4.69, 9.17) is 0 Å². The number of rotatable bonds is 3. The third kappa shape index (κ3) is 2.41. The van der Waals surface area contributed by atoms with Gasteiger partial charge in [-0.25, -0.2) is 9.97 Å². The molecular formula is C11H12BrN3S. The maximum Gasteiger partial charge on any atom is 0.171 e. The molecule has 1 N–H and O–H groups in total. The lowest BCUT2D eigenvalue weighted by atomic mass is 10.3. The molecule has 2 rings (SSSR count). The summed E-state index contributed by atoms with van der Waals surface area (Å²) >= 11 is 5.09. The molecule has 5 heteroatoms. The Balaban J connectivity index is 2.47. The number of hydrogen-bond donors (Lipinski definition) is 1. The van der Waals surface area contributed by atoms with Crippen LogP contribution in [0.15, 0.2) is 22.0 Å². The summed E-state index contributed by atoms with van der Waals surface area (Å²) in [5.74, 6) is 1.66. The Hall–Kier alpha value is -0.940. The number of aromatic nitrogens is 2. The summed E-state index contributed by atoms with van der Waals surface area (Å²) in [6.07, 6.45) is 0.913. The van der Waals surface area contributed by atoms with Crippen molar-refractivity contribution in [1.82, 2.24) is 9.97 Å². The van der Waals surface area contributed by atoms with E-state index in [0.29, 0.717) is 0 Å². The number of anilines is 1. The minimum Gasteiger partial charge on any atom is -0.373 e. The molecule has 0 aliphatic heterocycles. The highest BCUT2D eigenvalue weighted by atomic mass is 79.9. The van der Waals surface area contributed by atoms with Crippen molar-refractivity contribution in [2.75, 3.05) is 12.4 Å². The maximum absolute atomic E-state index is 4.52. The monoisotopic (exact) mass is 297 g/mol. The van der Waals surface area contributed by atoms with Gasteiger partial charge in [0.1, 0.15) is 5.82 Å². The van der Waals surface area contributed by atoms with Gasteiger partial charge in [-0.1, -0.05) is 6.92 Å². The number of nitrogens with one attached hydrogen (secondary N) is 1. The summed E-state index contributed by atoms with van der Waals surface area (Å²) in [7, 11) is 1.87. The molecule has 0 saturated heterocycles. The first kappa shape index (κ1) is 11.5. The molecule has 2 heterocycles. The van der Waals surface area contributed by atoms with Crippen molar-refractivity contribution >= 4 is 33.1 Å². The zero-order chi connectivity index (χ0) is 11.5. The van der Waals surface area contributed by atoms with Crippen LogP contribution in [-0.2, 0) is 6.42 Å². The van der Waals surface area contributed by atoms with E-state index in [1.165, 1.54) is 0 Å². The molecule has 2 aromatic rings. The highest BCUT2D eigenvalue weighted by Gasteiger charge is 2.07. The Morgan fingerprint density at radius 2 is 2.19 bits per heavy atom. The zero-order valence-electron chi connectivity index (χ0n) is 9.12. The van der Waals surface area contributed by atoms with Crippen LogP contribution in [0, 0.1) is 0 Å². The first-order valence-corrected chi connectivity index (χ1v) is 6.65. The van der Waals surface area contributed by atoms with Crippen molar-refractivity contribution in [3.63, 3.8) is 0 Å². The van der Waals surface area contributed by atoms with Gasteiger partial charge in [0.05, 0.1) is 8.66 Å². The minimum absolute atomic E-state index is 0.791. The van der Waals surface area contributed by atoms with Gasteiger partial charge in [-0.15, -0.1) is 11.3 Å². The molecule has 2 aromatic heterocycles. The van der Waals surface area contributed by atoms with Crippen LogP contribution in [-0.4, -0.2) is 17.0 Å². The lowest BCUT2D eigenvalue weighted by Crippen LogP contribution is -1.99. The second-order valence-electron chi connectivity index (χ2n) is 3.28. The molecular weight excluding hydrogens is 286 g/mol. The number of aryl methyl sites for hydroxylation is 1. The van der Waals surface area contributed by atoms with Crippen LogP contribution in [0.1, 0.15) is 12.6 Å². The first-order chi connectivity index (χ1) is 7.72. The lowest BCUT2D eigenvalue weighted by molar-refractivity contribution is 1.01. The Labute approximate surface area is 107 Å². The van der Waals surface area contributed by atoms with E-state index in [9.17, 15) is 0 Å². The summed E-state index contributed by atoms with van der Waals surface area (Å²) in [6, 6.07) is 6.02. The third-order valence-corrected chi connectivity index (χ3v) is 3.81. The fourth-order valence-corrected chi connectivity index (χ4v) is 2.67. The van der Waals surface area contributed by atoms with Crippen molar-refractivity contribution in [2.45, 2.75) is 13.3 Å². The highest BCUT2D eigenvalue weighted by Crippen LogP contribution is 2.29. The van der Waals surface area contributed by atoms with Crippen molar-refractivity contribution in [1.29, 1.82) is 0 Å². The average molecular weight is 298 g/mol. The van der Waals surface area contributed by atoms with E-state index in [1.807, 2.05) is 25.2 Å². The van der Waals surface area contributed by atoms with Gasteiger partial charge in [0.25, 0.3) is 0 Å². The topological polar surface area (TPSA) is 37.8 Å². The van der Waals surface area contributed by atoms with Crippen molar-refractivity contribution in [3.8, 4) is 10.7 Å². The fourth-order valence-electron chi connectivity index (χ4n) is 1.35. The lowest BCUT2D eigenvalue weighted by Gasteiger charge is -2.04. The van der Waals surface area contributed by atoms with Gasteiger partial charge in [0, 0.05) is 18.8 Å². The molecule has 0 radical (unpaired) electrons. The van der Waals surface area contributed by atoms with Crippen LogP contribution < -0.4 is 5.32 Å². The largest absolute Gasteiger partial charge is 0.373 e. The van der Waals surface area contributed by atoms with E-state index in [2.05, 4.69) is 38.1 Å². The molecule has 16 heavy (non-hydrogen) atoms. The van der Waals surface area contributed by atoms with Gasteiger partial charge in [-0.3, -0.25) is 0 Å². The van der Waals surface area contributed by atoms with Crippen LogP contribution in [0.4, 0.5) is 5.82 Å². The van der Waals surface area contributed by atoms with Gasteiger partial charge in [0.2, 0.25) is 0 Å². The van der Waals surface area contributed by atoms with E-state index in [1.54, 1.807) is 11.3 Å². The molecule has 0 amide bonds. The van der Waals surface area contributed by atoms with Crippen molar-refractivity contribution in [2.24, 2.45) is 0 Å². The number of thiophene rings is 1. The average Bonchev–Trinajstić information content (AvgIpc) is 2.75. The molecule has 0 aliphatic rings. The fraction of sp³-hybridized carbons (Fsp3) is 0.273. The van der Waals surface area contributed by atoms with E-state index in [-0.39, 0.29) is 0 Å². The van der Waals surface area contributed by atoms with E-state index in [0.717, 1.165) is 32.4 Å². The van der Waals surface area contributed by atoms with Gasteiger partial charge in [-0.05, 0) is 34.5 Å². The second-order valence-corrected chi connectivity index (χ2v) is 5.74. The van der Waals surface area contributed by atoms with Crippen molar-refractivity contribution < 1.29 is 0 Å². The normalized spacial score (nSPS) is 10.4. The smallest absolute Gasteiger partial charge is 0.171 e. The third-order valence-electron chi connectivity index (χ3n) is 2.19. The van der Waals surface area contributed by atoms with Gasteiger partial charge in [0.15, 0.2) is 5.82 Å². The summed E-state index contributed by atoms with van der Waals surface area (Å²) in [5, 5.41) is 3.06. The summed E-state index contributed by atoms with van der Waals surface area (Å²) < 4.78 is 1.10. The molecule has 0 aliphatic carbocycles. The number of halogens is 1. The first-order valence-electron chi connectivity index (χ1n) is 5.04. The highest BCUT2D eigenvalue weighted by molar-refractivity contribution is 9.11. The molecule has 0 atom stereocenters. The van der Waals surface area contributed by atoms with Crippen LogP contribution >= 0.6 is 27.3 Å². The van der Waals surface area contributed by atoms with Crippen LogP contribution in [0.2, 0.25) is 0 Å². The molecule has 3 nitrogen and oxygen atoms in total. The Bertz CT molecular complexity index is 473. The Morgan fingerprint density at radius 3 is 2.75 bits per heavy atom. The SMILES string of the molecule is CCc1cc(NC)nc(-c2ccc(Br)s2)n1. The molecule has 0 saturated carbocycles. The van der Waals surface area contributed by atoms with Crippen LogP contribution in [0.5, 0.6) is 0 Å². The number of hydrogen-bond acceptors (Lipinski definition) is 4. The quantitative estimate of drug-likeness (QED) is 0.941. The summed E-state index contributed by atoms with van der Waals surface area (Å²) in [6.45, 7) is 2.09. The molecule has 0 aromatic carbocycles. The molecule has 0 spiro atoms. The summed E-state index contributed by atoms with van der Waals surface area (Å²) in [5.41, 5.74) is 1.05. The maximum atomic E-state index is 4.52. The van der Waals surface area contributed by atoms with E-state index >= 15 is 0 Å². The Morgan fingerprint density at radius 1 is 1.38 bits per heavy atom. The molecule has 0 bridgehead atoms. The predicted molar refractivity (Wildman–Crippen MR) is 72.0 cm³/mol. The van der Waals surface area contributed by atoms with Gasteiger partial charge in [-0.2, -0.15) is 0 Å². The van der Waals surface area contributed by atoms with Crippen LogP contribution in [0.25, 0.3) is 10.7 Å². The van der Waals surface area contributed by atoms with Gasteiger partial charge < -0.3 is 5.32 Å². The van der Waals surface area contributed by atoms with Crippen molar-refractivity contribution in [3.05, 3.63) is 27.7 Å². The second kappa shape index (κ2) is 4.93. The zero-order valence-corrected chi connectivity index (χ0v) is 11.5. The van der Waals surface area contributed by atoms with Gasteiger partial charge >= 0.3 is 0 Å². The summed E-state index contributed by atoms with van der Waals surface area (Å²) in [4.78, 5) is 10.1. The standard InChI is InChI=1S/C11H12BrN3S/c1-3-7-6-10(13-2)15-11(14-7)8-4-5-9(12)16-8/h4-6H,3H2,1-2H3,(H,13,14,15). The molecule has 0 fully saturated rings. The molecule has 0 unspecified atom stereocenters. The minimum atomic E-state index is 0.791. The molecule has 84 valence electrons.